The highest BCUT2D eigenvalue weighted by atomic mass is 16.5. The van der Waals surface area contributed by atoms with Crippen LogP contribution in [0.5, 0.6) is 0 Å². The fraction of sp³-hybridized carbons (Fsp3) is 0.444. The Kier molecular flexibility index (Phi) is 5.03. The first-order chi connectivity index (χ1) is 11.7. The van der Waals surface area contributed by atoms with Gasteiger partial charge in [-0.25, -0.2) is 4.79 Å². The van der Waals surface area contributed by atoms with Crippen molar-refractivity contribution in [3.05, 3.63) is 36.0 Å². The number of aromatic nitrogens is 1. The maximum Gasteiger partial charge on any atom is 0.315 e. The molecule has 6 heteroatoms. The number of hydrogen-bond donors (Lipinski definition) is 3. The Morgan fingerprint density at radius 3 is 2.92 bits per heavy atom. The lowest BCUT2D eigenvalue weighted by Gasteiger charge is -2.13. The highest BCUT2D eigenvalue weighted by Crippen LogP contribution is 2.26. The number of rotatable bonds is 5. The van der Waals surface area contributed by atoms with Crippen molar-refractivity contribution in [3.8, 4) is 0 Å². The minimum atomic E-state index is -0.182. The number of benzene rings is 1. The van der Waals surface area contributed by atoms with Crippen LogP contribution in [0.25, 0.3) is 10.9 Å². The third-order valence-corrected chi connectivity index (χ3v) is 4.57. The van der Waals surface area contributed by atoms with E-state index in [0.29, 0.717) is 13.0 Å². The lowest BCUT2D eigenvalue weighted by molar-refractivity contribution is -0.145. The van der Waals surface area contributed by atoms with E-state index in [4.69, 9.17) is 4.74 Å². The molecule has 24 heavy (non-hydrogen) atoms. The second-order valence-corrected chi connectivity index (χ2v) is 6.26. The van der Waals surface area contributed by atoms with E-state index in [9.17, 15) is 9.59 Å². The van der Waals surface area contributed by atoms with Crippen molar-refractivity contribution in [1.82, 2.24) is 15.6 Å². The molecule has 1 aromatic carbocycles. The Morgan fingerprint density at radius 2 is 2.12 bits per heavy atom. The number of carbonyl (C=O) groups excluding carboxylic acids is 2. The molecule has 0 bridgehead atoms. The maximum absolute atomic E-state index is 12.0. The summed E-state index contributed by atoms with van der Waals surface area (Å²) < 4.78 is 4.76. The average Bonchev–Trinajstić information content (AvgIpc) is 3.20. The molecule has 3 N–H and O–H groups in total. The van der Waals surface area contributed by atoms with Gasteiger partial charge in [0.15, 0.2) is 0 Å². The van der Waals surface area contributed by atoms with Crippen LogP contribution >= 0.6 is 0 Å². The van der Waals surface area contributed by atoms with Crippen LogP contribution in [0.4, 0.5) is 4.79 Å². The van der Waals surface area contributed by atoms with Crippen molar-refractivity contribution in [3.63, 3.8) is 0 Å². The SMILES string of the molecule is COC(=O)[C@H]1CC[C@@H](NC(=O)NCCc2cc3ccccc3[nH]2)C1. The smallest absolute Gasteiger partial charge is 0.315 e. The maximum atomic E-state index is 12.0. The largest absolute Gasteiger partial charge is 0.469 e. The van der Waals surface area contributed by atoms with Gasteiger partial charge in [0, 0.05) is 30.2 Å². The lowest BCUT2D eigenvalue weighted by Crippen LogP contribution is -2.41. The van der Waals surface area contributed by atoms with Crippen LogP contribution in [0.15, 0.2) is 30.3 Å². The van der Waals surface area contributed by atoms with E-state index >= 15 is 0 Å². The Hall–Kier alpha value is -2.50. The predicted octanol–water partition coefficient (Wildman–Crippen LogP) is 2.35. The Bertz CT molecular complexity index is 692. The van der Waals surface area contributed by atoms with Gasteiger partial charge in [-0.15, -0.1) is 0 Å². The summed E-state index contributed by atoms with van der Waals surface area (Å²) in [6.07, 6.45) is 2.99. The molecule has 1 aliphatic rings. The van der Waals surface area contributed by atoms with Gasteiger partial charge in [-0.05, 0) is 36.8 Å². The summed E-state index contributed by atoms with van der Waals surface area (Å²) in [7, 11) is 1.40. The van der Waals surface area contributed by atoms with Crippen LogP contribution in [-0.2, 0) is 16.0 Å². The standard InChI is InChI=1S/C18H23N3O3/c1-24-17(22)13-6-7-14(11-13)21-18(23)19-9-8-15-10-12-4-2-3-5-16(12)20-15/h2-5,10,13-14,20H,6-9,11H2,1H3,(H2,19,21,23)/t13-,14+/m0/s1. The van der Waals surface area contributed by atoms with Gasteiger partial charge in [0.25, 0.3) is 0 Å². The monoisotopic (exact) mass is 329 g/mol. The highest BCUT2D eigenvalue weighted by molar-refractivity contribution is 5.80. The van der Waals surface area contributed by atoms with Crippen LogP contribution < -0.4 is 10.6 Å². The first-order valence-corrected chi connectivity index (χ1v) is 8.34. The minimum absolute atomic E-state index is 0.0437. The number of hydrogen-bond acceptors (Lipinski definition) is 3. The zero-order chi connectivity index (χ0) is 16.9. The van der Waals surface area contributed by atoms with Gasteiger partial charge in [0.1, 0.15) is 0 Å². The number of ether oxygens (including phenoxy) is 1. The zero-order valence-corrected chi connectivity index (χ0v) is 13.8. The Labute approximate surface area is 141 Å². The van der Waals surface area contributed by atoms with Crippen molar-refractivity contribution in [2.24, 2.45) is 5.92 Å². The molecule has 0 spiro atoms. The number of fused-ring (bicyclic) bond motifs is 1. The molecule has 6 nitrogen and oxygen atoms in total. The van der Waals surface area contributed by atoms with Crippen molar-refractivity contribution >= 4 is 22.9 Å². The summed E-state index contributed by atoms with van der Waals surface area (Å²) in [4.78, 5) is 26.8. The molecule has 128 valence electrons. The normalized spacial score (nSPS) is 20.0. The molecule has 0 radical (unpaired) electrons. The minimum Gasteiger partial charge on any atom is -0.469 e. The molecule has 2 aromatic rings. The Balaban J connectivity index is 1.40. The van der Waals surface area contributed by atoms with Gasteiger partial charge >= 0.3 is 12.0 Å². The van der Waals surface area contributed by atoms with Crippen LogP contribution in [0, 0.1) is 5.92 Å². The third kappa shape index (κ3) is 3.88. The molecule has 2 amide bonds. The summed E-state index contributed by atoms with van der Waals surface area (Å²) in [5, 5.41) is 6.98. The predicted molar refractivity (Wildman–Crippen MR) is 91.7 cm³/mol. The fourth-order valence-corrected chi connectivity index (χ4v) is 3.31. The molecule has 1 heterocycles. The van der Waals surface area contributed by atoms with Gasteiger partial charge in [-0.3, -0.25) is 4.79 Å². The van der Waals surface area contributed by atoms with Gasteiger partial charge in [-0.1, -0.05) is 18.2 Å². The third-order valence-electron chi connectivity index (χ3n) is 4.57. The summed E-state index contributed by atoms with van der Waals surface area (Å²) in [6.45, 7) is 0.561. The average molecular weight is 329 g/mol. The second-order valence-electron chi connectivity index (χ2n) is 6.26. The molecule has 1 fully saturated rings. The molecule has 0 unspecified atom stereocenters. The van der Waals surface area contributed by atoms with E-state index in [-0.39, 0.29) is 24.0 Å². The Morgan fingerprint density at radius 1 is 1.29 bits per heavy atom. The molecule has 1 aliphatic carbocycles. The van der Waals surface area contributed by atoms with E-state index in [1.54, 1.807) is 0 Å². The van der Waals surface area contributed by atoms with Crippen molar-refractivity contribution in [1.29, 1.82) is 0 Å². The topological polar surface area (TPSA) is 83.2 Å². The van der Waals surface area contributed by atoms with E-state index in [0.717, 1.165) is 30.5 Å². The number of methoxy groups -OCH3 is 1. The summed E-state index contributed by atoms with van der Waals surface area (Å²) in [5.41, 5.74) is 2.21. The molecule has 2 atom stereocenters. The zero-order valence-electron chi connectivity index (χ0n) is 13.8. The molecule has 1 aromatic heterocycles. The quantitative estimate of drug-likeness (QED) is 0.736. The first kappa shape index (κ1) is 16.4. The van der Waals surface area contributed by atoms with Crippen molar-refractivity contribution in [2.75, 3.05) is 13.7 Å². The van der Waals surface area contributed by atoms with Crippen LogP contribution in [0.2, 0.25) is 0 Å². The fourth-order valence-electron chi connectivity index (χ4n) is 3.31. The molecular formula is C18H23N3O3. The van der Waals surface area contributed by atoms with Gasteiger partial charge in [0.2, 0.25) is 0 Å². The molecule has 1 saturated carbocycles. The van der Waals surface area contributed by atoms with E-state index in [2.05, 4.69) is 27.8 Å². The molecule has 0 aliphatic heterocycles. The summed E-state index contributed by atoms with van der Waals surface area (Å²) >= 11 is 0. The van der Waals surface area contributed by atoms with E-state index in [1.165, 1.54) is 12.5 Å². The van der Waals surface area contributed by atoms with Gasteiger partial charge in [0.05, 0.1) is 13.0 Å². The van der Waals surface area contributed by atoms with Crippen molar-refractivity contribution in [2.45, 2.75) is 31.7 Å². The highest BCUT2D eigenvalue weighted by Gasteiger charge is 2.31. The van der Waals surface area contributed by atoms with Crippen LogP contribution in [0.3, 0.4) is 0 Å². The lowest BCUT2D eigenvalue weighted by atomic mass is 10.1. The number of H-pyrrole nitrogens is 1. The van der Waals surface area contributed by atoms with Gasteiger partial charge < -0.3 is 20.4 Å². The van der Waals surface area contributed by atoms with Crippen LogP contribution in [0.1, 0.15) is 25.0 Å². The number of aromatic amines is 1. The molecule has 3 rings (SSSR count). The second kappa shape index (κ2) is 7.38. The van der Waals surface area contributed by atoms with Crippen LogP contribution in [-0.4, -0.2) is 36.7 Å². The summed E-state index contributed by atoms with van der Waals surface area (Å²) in [5.74, 6) is -0.273. The van der Waals surface area contributed by atoms with Gasteiger partial charge in [-0.2, -0.15) is 0 Å². The number of nitrogens with one attached hydrogen (secondary N) is 3. The van der Waals surface area contributed by atoms with Crippen molar-refractivity contribution < 1.29 is 14.3 Å². The first-order valence-electron chi connectivity index (χ1n) is 8.34. The molecule has 0 saturated heterocycles. The number of carbonyl (C=O) groups is 2. The number of esters is 1. The van der Waals surface area contributed by atoms with E-state index < -0.39 is 0 Å². The number of urea groups is 1. The summed E-state index contributed by atoms with van der Waals surface area (Å²) in [6, 6.07) is 10.1. The number of para-hydroxylation sites is 1. The van der Waals surface area contributed by atoms with E-state index in [1.807, 2.05) is 18.2 Å². The molecular weight excluding hydrogens is 306 g/mol. The number of amides is 2.